The molecule has 2 atom stereocenters. The van der Waals surface area contributed by atoms with Gasteiger partial charge < -0.3 is 16.0 Å². The highest BCUT2D eigenvalue weighted by atomic mass is 19.1. The summed E-state index contributed by atoms with van der Waals surface area (Å²) in [6, 6.07) is 11.9. The molecular weight excluding hydrogens is 421 g/mol. The third-order valence-corrected chi connectivity index (χ3v) is 5.45. The SMILES string of the molecule is CN=CC(=CN)[C@@H]1[C@@H](C(=O)Nc2ccc(F)c(C#N)c2)c2ccccc2C(=O)N1CC(C)C. The molecule has 7 nitrogen and oxygen atoms in total. The van der Waals surface area contributed by atoms with Crippen molar-refractivity contribution >= 4 is 23.7 Å². The maximum atomic E-state index is 13.8. The van der Waals surface area contributed by atoms with Gasteiger partial charge in [0.25, 0.3) is 5.91 Å². The molecule has 3 rings (SSSR count). The van der Waals surface area contributed by atoms with E-state index in [9.17, 15) is 14.0 Å². The van der Waals surface area contributed by atoms with Gasteiger partial charge in [0.05, 0.1) is 17.5 Å². The van der Waals surface area contributed by atoms with Crippen LogP contribution in [0.15, 0.2) is 59.2 Å². The molecule has 1 aliphatic heterocycles. The molecule has 2 amide bonds. The topological polar surface area (TPSA) is 112 Å². The van der Waals surface area contributed by atoms with Crippen molar-refractivity contribution < 1.29 is 14.0 Å². The van der Waals surface area contributed by atoms with Crippen molar-refractivity contribution in [1.29, 1.82) is 5.26 Å². The Kier molecular flexibility index (Phi) is 7.23. The molecule has 0 unspecified atom stereocenters. The fraction of sp³-hybridized carbons (Fsp3) is 0.280. The van der Waals surface area contributed by atoms with E-state index in [4.69, 9.17) is 11.0 Å². The lowest BCUT2D eigenvalue weighted by atomic mass is 9.78. The van der Waals surface area contributed by atoms with Crippen molar-refractivity contribution in [3.63, 3.8) is 0 Å². The Balaban J connectivity index is 2.15. The van der Waals surface area contributed by atoms with E-state index < -0.39 is 23.7 Å². The molecule has 3 N–H and O–H groups in total. The van der Waals surface area contributed by atoms with E-state index in [0.717, 1.165) is 6.07 Å². The second-order valence-corrected chi connectivity index (χ2v) is 8.21. The maximum Gasteiger partial charge on any atom is 0.254 e. The van der Waals surface area contributed by atoms with E-state index in [1.807, 2.05) is 13.8 Å². The number of amides is 2. The van der Waals surface area contributed by atoms with Crippen LogP contribution in [-0.4, -0.2) is 42.6 Å². The zero-order valence-electron chi connectivity index (χ0n) is 18.7. The lowest BCUT2D eigenvalue weighted by Crippen LogP contribution is -2.53. The molecule has 8 heteroatoms. The Morgan fingerprint density at radius 1 is 1.33 bits per heavy atom. The smallest absolute Gasteiger partial charge is 0.254 e. The van der Waals surface area contributed by atoms with E-state index in [1.165, 1.54) is 18.3 Å². The minimum absolute atomic E-state index is 0.137. The maximum absolute atomic E-state index is 13.8. The van der Waals surface area contributed by atoms with E-state index >= 15 is 0 Å². The predicted molar refractivity (Wildman–Crippen MR) is 125 cm³/mol. The summed E-state index contributed by atoms with van der Waals surface area (Å²) in [5.74, 6) is -1.93. The summed E-state index contributed by atoms with van der Waals surface area (Å²) >= 11 is 0. The molecule has 33 heavy (non-hydrogen) atoms. The summed E-state index contributed by atoms with van der Waals surface area (Å²) in [4.78, 5) is 32.8. The first-order valence-corrected chi connectivity index (χ1v) is 10.6. The number of hydrogen-bond donors (Lipinski definition) is 2. The second-order valence-electron chi connectivity index (χ2n) is 8.21. The molecule has 1 aliphatic rings. The van der Waals surface area contributed by atoms with Crippen LogP contribution in [0.4, 0.5) is 10.1 Å². The third kappa shape index (κ3) is 4.77. The normalized spacial score (nSPS) is 18.4. The monoisotopic (exact) mass is 447 g/mol. The number of carbonyl (C=O) groups excluding carboxylic acids is 2. The highest BCUT2D eigenvalue weighted by molar-refractivity contribution is 6.06. The number of benzene rings is 2. The number of fused-ring (bicyclic) bond motifs is 1. The minimum Gasteiger partial charge on any atom is -0.404 e. The minimum atomic E-state index is -0.805. The molecule has 1 heterocycles. The summed E-state index contributed by atoms with van der Waals surface area (Å²) < 4.78 is 13.8. The van der Waals surface area contributed by atoms with Crippen molar-refractivity contribution in [2.75, 3.05) is 18.9 Å². The number of nitrogens with one attached hydrogen (secondary N) is 1. The average molecular weight is 448 g/mol. The van der Waals surface area contributed by atoms with Crippen molar-refractivity contribution in [3.8, 4) is 6.07 Å². The van der Waals surface area contributed by atoms with Crippen molar-refractivity contribution in [3.05, 3.63) is 76.7 Å². The van der Waals surface area contributed by atoms with Crippen LogP contribution in [0.25, 0.3) is 0 Å². The first kappa shape index (κ1) is 23.7. The fourth-order valence-electron chi connectivity index (χ4n) is 4.12. The van der Waals surface area contributed by atoms with E-state index in [-0.39, 0.29) is 23.1 Å². The quantitative estimate of drug-likeness (QED) is 0.661. The van der Waals surface area contributed by atoms with E-state index in [2.05, 4.69) is 10.3 Å². The molecule has 0 spiro atoms. The number of nitriles is 1. The summed E-state index contributed by atoms with van der Waals surface area (Å²) in [5, 5.41) is 11.9. The number of rotatable bonds is 6. The molecule has 0 radical (unpaired) electrons. The van der Waals surface area contributed by atoms with Gasteiger partial charge in [-0.2, -0.15) is 5.26 Å². The number of anilines is 1. The molecule has 0 saturated heterocycles. The van der Waals surface area contributed by atoms with Gasteiger partial charge in [-0.25, -0.2) is 4.39 Å². The fourth-order valence-corrected chi connectivity index (χ4v) is 4.12. The summed E-state index contributed by atoms with van der Waals surface area (Å²) in [5.41, 5.74) is 7.56. The number of nitrogens with zero attached hydrogens (tertiary/aromatic N) is 3. The summed E-state index contributed by atoms with van der Waals surface area (Å²) in [7, 11) is 1.59. The molecule has 0 saturated carbocycles. The van der Waals surface area contributed by atoms with Gasteiger partial charge in [-0.15, -0.1) is 0 Å². The van der Waals surface area contributed by atoms with E-state index in [0.29, 0.717) is 23.2 Å². The van der Waals surface area contributed by atoms with Crippen LogP contribution in [0, 0.1) is 23.1 Å². The molecule has 170 valence electrons. The molecule has 0 fully saturated rings. The van der Waals surface area contributed by atoms with Gasteiger partial charge in [-0.1, -0.05) is 32.0 Å². The van der Waals surface area contributed by atoms with Crippen molar-refractivity contribution in [2.24, 2.45) is 16.6 Å². The number of aliphatic imine (C=N–C) groups is 1. The summed E-state index contributed by atoms with van der Waals surface area (Å²) in [6.07, 6.45) is 2.91. The van der Waals surface area contributed by atoms with Crippen LogP contribution < -0.4 is 11.1 Å². The lowest BCUT2D eigenvalue weighted by Gasteiger charge is -2.42. The van der Waals surface area contributed by atoms with Crippen LogP contribution in [-0.2, 0) is 4.79 Å². The molecule has 0 aromatic heterocycles. The lowest BCUT2D eigenvalue weighted by molar-refractivity contribution is -0.118. The Morgan fingerprint density at radius 2 is 2.06 bits per heavy atom. The van der Waals surface area contributed by atoms with E-state index in [1.54, 1.807) is 48.5 Å². The van der Waals surface area contributed by atoms with Crippen LogP contribution in [0.2, 0.25) is 0 Å². The average Bonchev–Trinajstić information content (AvgIpc) is 2.80. The van der Waals surface area contributed by atoms with Gasteiger partial charge in [0.1, 0.15) is 11.9 Å². The number of nitrogens with two attached hydrogens (primary N) is 1. The van der Waals surface area contributed by atoms with Crippen LogP contribution in [0.3, 0.4) is 0 Å². The standard InChI is InChI=1S/C25H26FN5O2/c1-15(2)14-31-23(17(12-28)13-29-3)22(19-6-4-5-7-20(19)25(31)33)24(32)30-18-8-9-21(26)16(10-18)11-27/h4-10,12-13,15,22-23H,14,28H2,1-3H3,(H,30,32)/t22-,23+/m0/s1. The van der Waals surface area contributed by atoms with Crippen molar-refractivity contribution in [1.82, 2.24) is 4.90 Å². The Morgan fingerprint density at radius 3 is 2.70 bits per heavy atom. The van der Waals surface area contributed by atoms with Crippen LogP contribution in [0.5, 0.6) is 0 Å². The molecular formula is C25H26FN5O2. The van der Waals surface area contributed by atoms with Gasteiger partial charge >= 0.3 is 0 Å². The first-order valence-electron chi connectivity index (χ1n) is 10.6. The number of halogens is 1. The Labute approximate surface area is 192 Å². The van der Waals surface area contributed by atoms with Gasteiger partial charge in [0.15, 0.2) is 0 Å². The first-order chi connectivity index (χ1) is 15.8. The molecule has 0 aliphatic carbocycles. The number of carbonyl (C=O) groups is 2. The van der Waals surface area contributed by atoms with Crippen molar-refractivity contribution in [2.45, 2.75) is 25.8 Å². The zero-order valence-corrected chi connectivity index (χ0v) is 18.7. The third-order valence-electron chi connectivity index (χ3n) is 5.45. The molecule has 2 aromatic rings. The second kappa shape index (κ2) is 10.1. The predicted octanol–water partition coefficient (Wildman–Crippen LogP) is 3.44. The Bertz CT molecular complexity index is 1170. The van der Waals surface area contributed by atoms with Gasteiger partial charge in [0, 0.05) is 42.8 Å². The van der Waals surface area contributed by atoms with Crippen LogP contribution >= 0.6 is 0 Å². The largest absolute Gasteiger partial charge is 0.404 e. The van der Waals surface area contributed by atoms with Gasteiger partial charge in [-0.3, -0.25) is 14.6 Å². The van der Waals surface area contributed by atoms with Gasteiger partial charge in [-0.05, 0) is 35.7 Å². The molecule has 0 bridgehead atoms. The highest BCUT2D eigenvalue weighted by Gasteiger charge is 2.44. The summed E-state index contributed by atoms with van der Waals surface area (Å²) in [6.45, 7) is 4.38. The highest BCUT2D eigenvalue weighted by Crippen LogP contribution is 2.37. The van der Waals surface area contributed by atoms with Crippen LogP contribution in [0.1, 0.15) is 41.3 Å². The number of hydrogen-bond acceptors (Lipinski definition) is 5. The zero-order chi connectivity index (χ0) is 24.1. The van der Waals surface area contributed by atoms with Gasteiger partial charge in [0.2, 0.25) is 5.91 Å². The molecule has 2 aromatic carbocycles. The Hall–Kier alpha value is -3.99.